The van der Waals surface area contributed by atoms with Crippen molar-refractivity contribution in [3.63, 3.8) is 0 Å². The molecule has 0 aromatic heterocycles. The molecule has 0 aliphatic rings. The van der Waals surface area contributed by atoms with E-state index < -0.39 is 16.0 Å². The molecule has 1 aromatic carbocycles. The second-order valence-corrected chi connectivity index (χ2v) is 11.0. The van der Waals surface area contributed by atoms with Gasteiger partial charge in [0.15, 0.2) is 0 Å². The third-order valence-electron chi connectivity index (χ3n) is 3.80. The van der Waals surface area contributed by atoms with Crippen LogP contribution in [-0.2, 0) is 29.1 Å². The van der Waals surface area contributed by atoms with Crippen LogP contribution < -0.4 is 4.31 Å². The molecular formula is C19H26BrNO6S3. The zero-order valence-corrected chi connectivity index (χ0v) is 21.2. The number of rotatable bonds is 12. The van der Waals surface area contributed by atoms with Crippen molar-refractivity contribution < 1.29 is 27.5 Å². The summed E-state index contributed by atoms with van der Waals surface area (Å²) in [4.78, 5) is 23.6. The quantitative estimate of drug-likeness (QED) is 0.224. The van der Waals surface area contributed by atoms with Crippen molar-refractivity contribution in [3.05, 3.63) is 28.7 Å². The fraction of sp³-hybridized carbons (Fsp3) is 0.526. The van der Waals surface area contributed by atoms with E-state index in [1.54, 1.807) is 38.1 Å². The molecule has 0 aliphatic heterocycles. The fourth-order valence-corrected chi connectivity index (χ4v) is 5.24. The highest BCUT2D eigenvalue weighted by atomic mass is 79.9. The number of sulfonamides is 1. The minimum atomic E-state index is -3.58. The Morgan fingerprint density at radius 2 is 1.77 bits per heavy atom. The maximum Gasteiger partial charge on any atom is 0.313 e. The zero-order chi connectivity index (χ0) is 22.7. The molecule has 11 heteroatoms. The van der Waals surface area contributed by atoms with Gasteiger partial charge in [-0.05, 0) is 56.8 Å². The van der Waals surface area contributed by atoms with Gasteiger partial charge < -0.3 is 9.47 Å². The third kappa shape index (κ3) is 10.2. The van der Waals surface area contributed by atoms with Gasteiger partial charge in [-0.3, -0.25) is 13.9 Å². The van der Waals surface area contributed by atoms with E-state index in [-0.39, 0.29) is 41.4 Å². The molecular weight excluding hydrogens is 514 g/mol. The molecule has 0 heterocycles. The lowest BCUT2D eigenvalue weighted by molar-refractivity contribution is -0.145. The number of halogens is 1. The van der Waals surface area contributed by atoms with Crippen LogP contribution in [0.5, 0.6) is 0 Å². The summed E-state index contributed by atoms with van der Waals surface area (Å²) < 4.78 is 37.4. The van der Waals surface area contributed by atoms with E-state index in [4.69, 9.17) is 21.7 Å². The SMILES string of the molecule is CCOC(=O)CC(=O)CCC(CN(c1ccc(Br)cc1)S(C)(=O)=O)SC(=S)OCC. The molecule has 0 radical (unpaired) electrons. The predicted molar refractivity (Wildman–Crippen MR) is 127 cm³/mol. The summed E-state index contributed by atoms with van der Waals surface area (Å²) in [7, 11) is -3.58. The highest BCUT2D eigenvalue weighted by Crippen LogP contribution is 2.26. The monoisotopic (exact) mass is 539 g/mol. The number of hydrogen-bond donors (Lipinski definition) is 0. The zero-order valence-electron chi connectivity index (χ0n) is 17.1. The summed E-state index contributed by atoms with van der Waals surface area (Å²) in [6.07, 6.45) is 1.26. The summed E-state index contributed by atoms with van der Waals surface area (Å²) >= 11 is 9.75. The van der Waals surface area contributed by atoms with Crippen LogP contribution >= 0.6 is 39.9 Å². The molecule has 0 spiro atoms. The first kappa shape index (κ1) is 26.9. The maximum atomic E-state index is 12.4. The minimum Gasteiger partial charge on any atom is -0.479 e. The van der Waals surface area contributed by atoms with Crippen molar-refractivity contribution in [2.45, 2.75) is 38.4 Å². The third-order valence-corrected chi connectivity index (χ3v) is 6.93. The van der Waals surface area contributed by atoms with Crippen molar-refractivity contribution in [1.29, 1.82) is 0 Å². The van der Waals surface area contributed by atoms with Gasteiger partial charge in [0, 0.05) is 22.7 Å². The largest absolute Gasteiger partial charge is 0.479 e. The van der Waals surface area contributed by atoms with Crippen LogP contribution in [0.4, 0.5) is 5.69 Å². The Balaban J connectivity index is 2.96. The van der Waals surface area contributed by atoms with E-state index >= 15 is 0 Å². The molecule has 168 valence electrons. The Bertz CT molecular complexity index is 829. The van der Waals surface area contributed by atoms with Crippen LogP contribution in [0, 0.1) is 0 Å². The molecule has 0 saturated carbocycles. The van der Waals surface area contributed by atoms with Crippen LogP contribution in [0.15, 0.2) is 28.7 Å². The molecule has 1 rings (SSSR count). The second-order valence-electron chi connectivity index (χ2n) is 6.25. The van der Waals surface area contributed by atoms with Crippen LogP contribution in [0.3, 0.4) is 0 Å². The standard InChI is InChI=1S/C19H26BrNO6S3/c1-4-26-18(23)12-16(22)10-11-17(29-19(28)27-5-2)13-21(30(3,24)25)15-8-6-14(20)7-9-15/h6-9,17H,4-5,10-13H2,1-3H3. The highest BCUT2D eigenvalue weighted by Gasteiger charge is 2.25. The van der Waals surface area contributed by atoms with Crippen LogP contribution in [0.25, 0.3) is 0 Å². The summed E-state index contributed by atoms with van der Waals surface area (Å²) in [6.45, 7) is 4.18. The van der Waals surface area contributed by atoms with Gasteiger partial charge in [-0.2, -0.15) is 0 Å². The number of carbonyl (C=O) groups is 2. The Morgan fingerprint density at radius 3 is 2.30 bits per heavy atom. The number of esters is 1. The molecule has 30 heavy (non-hydrogen) atoms. The molecule has 0 N–H and O–H groups in total. The van der Waals surface area contributed by atoms with E-state index in [1.807, 2.05) is 0 Å². The number of ether oxygens (including phenoxy) is 2. The van der Waals surface area contributed by atoms with Gasteiger partial charge in [-0.15, -0.1) is 0 Å². The Morgan fingerprint density at radius 1 is 1.17 bits per heavy atom. The van der Waals surface area contributed by atoms with Crippen molar-refractivity contribution in [1.82, 2.24) is 0 Å². The van der Waals surface area contributed by atoms with Crippen molar-refractivity contribution in [2.24, 2.45) is 0 Å². The number of anilines is 1. The molecule has 1 atom stereocenters. The van der Waals surface area contributed by atoms with Gasteiger partial charge in [-0.1, -0.05) is 27.7 Å². The number of thiocarbonyl (C=S) groups is 1. The molecule has 1 aromatic rings. The number of ketones is 1. The lowest BCUT2D eigenvalue weighted by Gasteiger charge is -2.27. The molecule has 0 saturated heterocycles. The van der Waals surface area contributed by atoms with Crippen LogP contribution in [-0.4, -0.2) is 55.8 Å². The molecule has 0 aliphatic carbocycles. The van der Waals surface area contributed by atoms with Crippen molar-refractivity contribution in [2.75, 3.05) is 30.3 Å². The van der Waals surface area contributed by atoms with Gasteiger partial charge in [0.05, 0.1) is 25.2 Å². The highest BCUT2D eigenvalue weighted by molar-refractivity contribution is 9.10. The number of nitrogens with zero attached hydrogens (tertiary/aromatic N) is 1. The summed E-state index contributed by atoms with van der Waals surface area (Å²) in [5.41, 5.74) is 0.506. The Kier molecular flexibility index (Phi) is 11.9. The smallest absolute Gasteiger partial charge is 0.313 e. The molecule has 7 nitrogen and oxygen atoms in total. The van der Waals surface area contributed by atoms with E-state index in [9.17, 15) is 18.0 Å². The lowest BCUT2D eigenvalue weighted by Crippen LogP contribution is -2.36. The second kappa shape index (κ2) is 13.3. The lowest BCUT2D eigenvalue weighted by atomic mass is 10.1. The average molecular weight is 541 g/mol. The first-order chi connectivity index (χ1) is 14.1. The van der Waals surface area contributed by atoms with Crippen molar-refractivity contribution in [3.8, 4) is 0 Å². The molecule has 0 amide bonds. The molecule has 0 bridgehead atoms. The first-order valence-corrected chi connectivity index (χ1v) is 13.2. The number of thioether (sulfide) groups is 1. The van der Waals surface area contributed by atoms with Crippen LogP contribution in [0.1, 0.15) is 33.1 Å². The first-order valence-electron chi connectivity index (χ1n) is 9.30. The van der Waals surface area contributed by atoms with E-state index in [2.05, 4.69) is 15.9 Å². The van der Waals surface area contributed by atoms with Gasteiger partial charge in [0.25, 0.3) is 0 Å². The van der Waals surface area contributed by atoms with E-state index in [0.717, 1.165) is 10.7 Å². The fourth-order valence-electron chi connectivity index (χ4n) is 2.48. The summed E-state index contributed by atoms with van der Waals surface area (Å²) in [5.74, 6) is -0.833. The van der Waals surface area contributed by atoms with Crippen LogP contribution in [0.2, 0.25) is 0 Å². The van der Waals surface area contributed by atoms with E-state index in [1.165, 1.54) is 16.1 Å². The van der Waals surface area contributed by atoms with Gasteiger partial charge >= 0.3 is 5.97 Å². The number of benzene rings is 1. The number of Topliss-reactive ketones (excluding diaryl/α,β-unsaturated/α-hetero) is 1. The average Bonchev–Trinajstić information content (AvgIpc) is 2.64. The predicted octanol–water partition coefficient (Wildman–Crippen LogP) is 3.94. The Labute approximate surface area is 196 Å². The number of hydrogen-bond acceptors (Lipinski definition) is 8. The molecule has 1 unspecified atom stereocenters. The van der Waals surface area contributed by atoms with Gasteiger partial charge in [0.2, 0.25) is 14.4 Å². The van der Waals surface area contributed by atoms with E-state index in [0.29, 0.717) is 18.7 Å². The minimum absolute atomic E-state index is 0.100. The normalized spacial score (nSPS) is 12.1. The maximum absolute atomic E-state index is 12.4. The van der Waals surface area contributed by atoms with Gasteiger partial charge in [0.1, 0.15) is 12.2 Å². The Hall–Kier alpha value is -1.17. The summed E-state index contributed by atoms with van der Waals surface area (Å²) in [5, 5.41) is -0.339. The summed E-state index contributed by atoms with van der Waals surface area (Å²) in [6, 6.07) is 6.89. The van der Waals surface area contributed by atoms with Crippen molar-refractivity contribution >= 4 is 71.8 Å². The van der Waals surface area contributed by atoms with Gasteiger partial charge in [-0.25, -0.2) is 8.42 Å². The number of carbonyl (C=O) groups excluding carboxylic acids is 2. The topological polar surface area (TPSA) is 90.0 Å². The molecule has 0 fully saturated rings.